The van der Waals surface area contributed by atoms with E-state index in [1.54, 1.807) is 11.1 Å². The van der Waals surface area contributed by atoms with Gasteiger partial charge in [0, 0.05) is 37.8 Å². The van der Waals surface area contributed by atoms with Crippen molar-refractivity contribution in [2.75, 3.05) is 64.3 Å². The first-order valence-corrected chi connectivity index (χ1v) is 14.4. The summed E-state index contributed by atoms with van der Waals surface area (Å²) >= 11 is 6.13. The van der Waals surface area contributed by atoms with Gasteiger partial charge >= 0.3 is 0 Å². The number of thiazole rings is 1. The Balaban J connectivity index is 1.27. The largest absolute Gasteiger partial charge is 0.379 e. The topological polar surface area (TPSA) is 90.0 Å². The molecule has 0 unspecified atom stereocenters. The lowest BCUT2D eigenvalue weighted by molar-refractivity contribution is -0.144. The number of piperazine rings is 1. The van der Waals surface area contributed by atoms with Crippen LogP contribution >= 0.6 is 24.0 Å². The van der Waals surface area contributed by atoms with Crippen molar-refractivity contribution in [2.45, 2.75) is 56.5 Å². The molecule has 4 rings (SSSR count). The highest BCUT2D eigenvalue weighted by Crippen LogP contribution is 2.30. The van der Waals surface area contributed by atoms with Crippen molar-refractivity contribution in [3.63, 3.8) is 0 Å². The number of amides is 2. The molecule has 0 radical (unpaired) electrons. The average molecular weight is 525 g/mol. The van der Waals surface area contributed by atoms with Gasteiger partial charge in [0.15, 0.2) is 5.13 Å². The average Bonchev–Trinajstić information content (AvgIpc) is 3.39. The Morgan fingerprint density at radius 2 is 2.00 bits per heavy atom. The summed E-state index contributed by atoms with van der Waals surface area (Å²) in [5, 5.41) is 8.83. The van der Waals surface area contributed by atoms with Crippen molar-refractivity contribution in [3.05, 3.63) is 11.6 Å². The third-order valence-corrected chi connectivity index (χ3v) is 8.53. The summed E-state index contributed by atoms with van der Waals surface area (Å²) in [5.41, 5.74) is -0.174. The first-order chi connectivity index (χ1) is 17.1. The molecule has 2 saturated heterocycles. The van der Waals surface area contributed by atoms with Crippen LogP contribution in [0.15, 0.2) is 11.6 Å². The molecule has 2 atom stereocenters. The number of thiol groups is 1. The van der Waals surface area contributed by atoms with Crippen LogP contribution in [0.25, 0.3) is 0 Å². The van der Waals surface area contributed by atoms with Crippen LogP contribution in [0.3, 0.4) is 0 Å². The second-order valence-corrected chi connectivity index (χ2v) is 11.2. The van der Waals surface area contributed by atoms with Crippen LogP contribution in [-0.2, 0) is 14.3 Å². The molecule has 11 heteroatoms. The second-order valence-electron chi connectivity index (χ2n) is 9.78. The fourth-order valence-electron chi connectivity index (χ4n) is 5.32. The van der Waals surface area contributed by atoms with Crippen molar-refractivity contribution in [1.82, 2.24) is 25.0 Å². The molecule has 3 aliphatic rings. The predicted octanol–water partition coefficient (Wildman–Crippen LogP) is 2.09. The molecule has 2 aliphatic heterocycles. The maximum absolute atomic E-state index is 13.3. The number of ether oxygens (including phenoxy) is 1. The number of hydrogen-bond donors (Lipinski definition) is 3. The van der Waals surface area contributed by atoms with E-state index in [1.165, 1.54) is 30.6 Å². The number of carbonyl (C=O) groups is 2. The molecule has 0 aromatic carbocycles. The minimum Gasteiger partial charge on any atom is -0.379 e. The van der Waals surface area contributed by atoms with E-state index in [1.807, 2.05) is 5.38 Å². The first-order valence-electron chi connectivity index (χ1n) is 13.1. The van der Waals surface area contributed by atoms with Crippen molar-refractivity contribution in [3.8, 4) is 0 Å². The number of carbonyl (C=O) groups excluding carboxylic acids is 2. The van der Waals surface area contributed by atoms with E-state index in [0.29, 0.717) is 24.1 Å². The molecule has 1 aliphatic carbocycles. The van der Waals surface area contributed by atoms with E-state index in [2.05, 4.69) is 25.4 Å². The summed E-state index contributed by atoms with van der Waals surface area (Å²) < 4.78 is 5.40. The van der Waals surface area contributed by atoms with Gasteiger partial charge in [-0.15, -0.1) is 24.0 Å². The second kappa shape index (κ2) is 13.9. The van der Waals surface area contributed by atoms with Gasteiger partial charge in [0.25, 0.3) is 0 Å². The fourth-order valence-corrected chi connectivity index (χ4v) is 6.18. The molecular formula is C24H40N6O3S2. The lowest BCUT2D eigenvalue weighted by Crippen LogP contribution is -2.60. The Morgan fingerprint density at radius 3 is 2.71 bits per heavy atom. The van der Waals surface area contributed by atoms with Crippen molar-refractivity contribution >= 4 is 40.9 Å². The Hall–Kier alpha value is -1.24. The minimum absolute atomic E-state index is 0.000477. The number of nitrogens with zero attached hydrogens (tertiary/aromatic N) is 4. The first kappa shape index (κ1) is 26.8. The Labute approximate surface area is 218 Å². The van der Waals surface area contributed by atoms with Gasteiger partial charge in [-0.2, -0.15) is 0 Å². The SMILES string of the molecule is O=C(Nc1nccs1)[C@H](CC1CCCCC1)N1CCN([C@H](S)NCCCN2CCOCC2)CC1=O. The molecular weight excluding hydrogens is 484 g/mol. The molecule has 35 heavy (non-hydrogen) atoms. The number of hydrogen-bond acceptors (Lipinski definition) is 9. The third-order valence-electron chi connectivity index (χ3n) is 7.34. The highest BCUT2D eigenvalue weighted by molar-refractivity contribution is 7.80. The highest BCUT2D eigenvalue weighted by Gasteiger charge is 2.37. The van der Waals surface area contributed by atoms with Crippen LogP contribution in [0.2, 0.25) is 0 Å². The molecule has 3 heterocycles. The molecule has 9 nitrogen and oxygen atoms in total. The fraction of sp³-hybridized carbons (Fsp3) is 0.792. The van der Waals surface area contributed by atoms with E-state index < -0.39 is 6.04 Å². The Morgan fingerprint density at radius 1 is 1.20 bits per heavy atom. The van der Waals surface area contributed by atoms with E-state index in [4.69, 9.17) is 17.4 Å². The quantitative estimate of drug-likeness (QED) is 0.232. The minimum atomic E-state index is -0.448. The van der Waals surface area contributed by atoms with Gasteiger partial charge in [-0.3, -0.25) is 24.7 Å². The summed E-state index contributed by atoms with van der Waals surface area (Å²) in [5.74, 6) is 0.379. The summed E-state index contributed by atoms with van der Waals surface area (Å²) in [6.07, 6.45) is 9.43. The maximum Gasteiger partial charge on any atom is 0.248 e. The summed E-state index contributed by atoms with van der Waals surface area (Å²) in [6.45, 7) is 7.03. The molecule has 1 aromatic rings. The molecule has 1 aromatic heterocycles. The summed E-state index contributed by atoms with van der Waals surface area (Å²) in [6, 6.07) is -0.448. The highest BCUT2D eigenvalue weighted by atomic mass is 32.1. The number of rotatable bonds is 11. The van der Waals surface area contributed by atoms with Crippen LogP contribution < -0.4 is 10.6 Å². The smallest absolute Gasteiger partial charge is 0.248 e. The Kier molecular flexibility index (Phi) is 10.6. The zero-order valence-electron chi connectivity index (χ0n) is 20.6. The normalized spacial score (nSPS) is 22.8. The Bertz CT molecular complexity index is 786. The molecule has 196 valence electrons. The van der Waals surface area contributed by atoms with Crippen LogP contribution in [0, 0.1) is 5.92 Å². The lowest BCUT2D eigenvalue weighted by Gasteiger charge is -2.41. The van der Waals surface area contributed by atoms with E-state index in [9.17, 15) is 9.59 Å². The molecule has 2 amide bonds. The summed E-state index contributed by atoms with van der Waals surface area (Å²) in [4.78, 5) is 37.0. The number of nitrogens with one attached hydrogen (secondary N) is 2. The number of morpholine rings is 1. The monoisotopic (exact) mass is 524 g/mol. The summed E-state index contributed by atoms with van der Waals surface area (Å²) in [7, 11) is 0. The zero-order valence-corrected chi connectivity index (χ0v) is 22.3. The van der Waals surface area contributed by atoms with Crippen LogP contribution in [0.4, 0.5) is 5.13 Å². The number of aromatic nitrogens is 1. The zero-order chi connectivity index (χ0) is 24.5. The van der Waals surface area contributed by atoms with Gasteiger partial charge in [-0.05, 0) is 31.8 Å². The molecule has 2 N–H and O–H groups in total. The van der Waals surface area contributed by atoms with Gasteiger partial charge in [0.1, 0.15) is 11.5 Å². The van der Waals surface area contributed by atoms with E-state index in [-0.39, 0.29) is 23.9 Å². The van der Waals surface area contributed by atoms with Crippen LogP contribution in [0.1, 0.15) is 44.9 Å². The number of anilines is 1. The van der Waals surface area contributed by atoms with Gasteiger partial charge in [0.05, 0.1) is 19.8 Å². The van der Waals surface area contributed by atoms with Gasteiger partial charge in [-0.1, -0.05) is 32.1 Å². The van der Waals surface area contributed by atoms with Crippen molar-refractivity contribution < 1.29 is 14.3 Å². The van der Waals surface area contributed by atoms with Gasteiger partial charge in [-0.25, -0.2) is 4.98 Å². The van der Waals surface area contributed by atoms with E-state index >= 15 is 0 Å². The molecule has 0 bridgehead atoms. The van der Waals surface area contributed by atoms with Crippen LogP contribution in [0.5, 0.6) is 0 Å². The van der Waals surface area contributed by atoms with Crippen molar-refractivity contribution in [1.29, 1.82) is 0 Å². The van der Waals surface area contributed by atoms with Gasteiger partial charge < -0.3 is 15.0 Å². The third kappa shape index (κ3) is 8.13. The lowest BCUT2D eigenvalue weighted by atomic mass is 9.84. The van der Waals surface area contributed by atoms with E-state index in [0.717, 1.165) is 65.1 Å². The molecule has 0 spiro atoms. The molecule has 1 saturated carbocycles. The van der Waals surface area contributed by atoms with Crippen LogP contribution in [-0.4, -0.2) is 102 Å². The standard InChI is InChI=1S/C24H40N6O3S2/c31-21-18-29(24(34)26-7-4-9-28-12-14-33-15-13-28)10-11-30(21)20(17-19-5-2-1-3-6-19)22(32)27-23-25-8-16-35-23/h8,16,19-20,24,26,34H,1-7,9-15,17-18H2,(H,25,27,32)/t20-,24+/m0/s1. The van der Waals surface area contributed by atoms with Gasteiger partial charge in [0.2, 0.25) is 11.8 Å². The molecule has 3 fully saturated rings. The maximum atomic E-state index is 13.3. The van der Waals surface area contributed by atoms with Crippen molar-refractivity contribution in [2.24, 2.45) is 5.92 Å². The predicted molar refractivity (Wildman–Crippen MR) is 142 cm³/mol.